The smallest absolute Gasteiger partial charge is 0.229 e. The van der Waals surface area contributed by atoms with Crippen molar-refractivity contribution in [2.24, 2.45) is 0 Å². The van der Waals surface area contributed by atoms with E-state index in [0.29, 0.717) is 11.8 Å². The number of likely N-dealkylation sites (tertiary alicyclic amines) is 1. The molecule has 1 aliphatic rings. The summed E-state index contributed by atoms with van der Waals surface area (Å²) in [6.07, 6.45) is 3.17. The maximum atomic E-state index is 5.45. The first kappa shape index (κ1) is 16.2. The highest BCUT2D eigenvalue weighted by atomic mass is 16.5. The maximum Gasteiger partial charge on any atom is 0.229 e. The molecule has 0 atom stereocenters. The first-order chi connectivity index (χ1) is 11.0. The quantitative estimate of drug-likeness (QED) is 0.843. The van der Waals surface area contributed by atoms with Crippen molar-refractivity contribution in [2.75, 3.05) is 19.6 Å². The predicted molar refractivity (Wildman–Crippen MR) is 86.5 cm³/mol. The van der Waals surface area contributed by atoms with Crippen molar-refractivity contribution < 1.29 is 9.05 Å². The second kappa shape index (κ2) is 6.83. The summed E-state index contributed by atoms with van der Waals surface area (Å²) in [7, 11) is 0. The summed E-state index contributed by atoms with van der Waals surface area (Å²) in [6.45, 7) is 11.4. The molecule has 3 heterocycles. The lowest BCUT2D eigenvalue weighted by Gasteiger charge is -2.30. The minimum absolute atomic E-state index is 0.322. The number of hydrogen-bond acceptors (Lipinski definition) is 6. The van der Waals surface area contributed by atoms with Gasteiger partial charge in [0.15, 0.2) is 5.82 Å². The molecule has 2 aromatic heterocycles. The topological polar surface area (TPSA) is 68.2 Å². The molecule has 0 radical (unpaired) electrons. The van der Waals surface area contributed by atoms with Gasteiger partial charge in [0.05, 0.1) is 5.69 Å². The van der Waals surface area contributed by atoms with Gasteiger partial charge in [-0.3, -0.25) is 0 Å². The maximum absolute atomic E-state index is 5.45. The number of nitrogens with zero attached hydrogens (tertiary/aromatic N) is 4. The first-order valence-electron chi connectivity index (χ1n) is 8.52. The number of aryl methyl sites for hydroxylation is 2. The summed E-state index contributed by atoms with van der Waals surface area (Å²) in [5.41, 5.74) is 2.27. The average molecular weight is 318 g/mol. The highest BCUT2D eigenvalue weighted by Gasteiger charge is 2.25. The molecule has 3 rings (SSSR count). The molecule has 0 unspecified atom stereocenters. The molecule has 1 fully saturated rings. The molecule has 0 amide bonds. The van der Waals surface area contributed by atoms with Crippen LogP contribution in [0, 0.1) is 13.8 Å². The van der Waals surface area contributed by atoms with Gasteiger partial charge in [-0.15, -0.1) is 0 Å². The Labute approximate surface area is 137 Å². The standard InChI is InChI=1S/C17H26N4O2/c1-11(2)16-18-17(23-20-16)14-5-8-21(9-6-14)10-7-15-12(3)19-22-13(15)4/h11,14H,5-10H2,1-4H3. The molecule has 0 N–H and O–H groups in total. The number of hydrogen-bond donors (Lipinski definition) is 0. The van der Waals surface area contributed by atoms with Crippen molar-refractivity contribution in [1.29, 1.82) is 0 Å². The van der Waals surface area contributed by atoms with Crippen molar-refractivity contribution in [3.05, 3.63) is 28.7 Å². The van der Waals surface area contributed by atoms with Crippen LogP contribution in [-0.2, 0) is 6.42 Å². The third-order valence-corrected chi connectivity index (χ3v) is 4.77. The minimum Gasteiger partial charge on any atom is -0.361 e. The average Bonchev–Trinajstić information content (AvgIpc) is 3.14. The Morgan fingerprint density at radius 2 is 1.87 bits per heavy atom. The Morgan fingerprint density at radius 1 is 1.13 bits per heavy atom. The predicted octanol–water partition coefficient (Wildman–Crippen LogP) is 3.22. The van der Waals surface area contributed by atoms with Crippen molar-refractivity contribution >= 4 is 0 Å². The summed E-state index contributed by atoms with van der Waals surface area (Å²) < 4.78 is 10.7. The van der Waals surface area contributed by atoms with Crippen LogP contribution in [0.5, 0.6) is 0 Å². The second-order valence-corrected chi connectivity index (χ2v) is 6.81. The molecular formula is C17H26N4O2. The van der Waals surface area contributed by atoms with Crippen LogP contribution in [-0.4, -0.2) is 39.8 Å². The molecule has 0 aromatic carbocycles. The van der Waals surface area contributed by atoms with Gasteiger partial charge in [0.1, 0.15) is 5.76 Å². The van der Waals surface area contributed by atoms with Crippen LogP contribution in [0.1, 0.15) is 67.3 Å². The summed E-state index contributed by atoms with van der Waals surface area (Å²) in [4.78, 5) is 7.05. The van der Waals surface area contributed by atoms with Gasteiger partial charge in [-0.25, -0.2) is 0 Å². The van der Waals surface area contributed by atoms with Gasteiger partial charge in [0.2, 0.25) is 5.89 Å². The van der Waals surface area contributed by atoms with Crippen LogP contribution in [0.2, 0.25) is 0 Å². The molecule has 1 saturated heterocycles. The van der Waals surface area contributed by atoms with Gasteiger partial charge in [-0.05, 0) is 46.2 Å². The van der Waals surface area contributed by atoms with Gasteiger partial charge in [0, 0.05) is 23.9 Å². The molecule has 23 heavy (non-hydrogen) atoms. The lowest BCUT2D eigenvalue weighted by molar-refractivity contribution is 0.196. The van der Waals surface area contributed by atoms with E-state index < -0.39 is 0 Å². The number of piperidine rings is 1. The van der Waals surface area contributed by atoms with Crippen LogP contribution in [0.4, 0.5) is 0 Å². The Hall–Kier alpha value is -1.69. The Morgan fingerprint density at radius 3 is 2.43 bits per heavy atom. The lowest BCUT2D eigenvalue weighted by atomic mass is 9.96. The summed E-state index contributed by atoms with van der Waals surface area (Å²) >= 11 is 0. The van der Waals surface area contributed by atoms with Crippen LogP contribution in [0.15, 0.2) is 9.05 Å². The van der Waals surface area contributed by atoms with E-state index in [0.717, 1.165) is 62.1 Å². The molecule has 0 saturated carbocycles. The monoisotopic (exact) mass is 318 g/mol. The fraction of sp³-hybridized carbons (Fsp3) is 0.706. The number of rotatable bonds is 5. The Kier molecular flexibility index (Phi) is 4.80. The third-order valence-electron chi connectivity index (χ3n) is 4.77. The molecule has 1 aliphatic heterocycles. The lowest BCUT2D eigenvalue weighted by Crippen LogP contribution is -2.34. The Balaban J connectivity index is 1.50. The van der Waals surface area contributed by atoms with Gasteiger partial charge < -0.3 is 13.9 Å². The minimum atomic E-state index is 0.322. The summed E-state index contributed by atoms with van der Waals surface area (Å²) in [5, 5.41) is 8.11. The zero-order chi connectivity index (χ0) is 16.4. The molecule has 2 aromatic rings. The highest BCUT2D eigenvalue weighted by molar-refractivity contribution is 5.21. The van der Waals surface area contributed by atoms with E-state index in [1.54, 1.807) is 0 Å². The molecule has 6 heteroatoms. The fourth-order valence-electron chi connectivity index (χ4n) is 3.18. The summed E-state index contributed by atoms with van der Waals surface area (Å²) in [5.74, 6) is 3.32. The van der Waals surface area contributed by atoms with Crippen molar-refractivity contribution in [3.8, 4) is 0 Å². The van der Waals surface area contributed by atoms with E-state index in [1.807, 2.05) is 13.8 Å². The zero-order valence-electron chi connectivity index (χ0n) is 14.5. The normalized spacial score (nSPS) is 17.3. The van der Waals surface area contributed by atoms with Crippen LogP contribution < -0.4 is 0 Å². The third kappa shape index (κ3) is 3.63. The van der Waals surface area contributed by atoms with Gasteiger partial charge in [-0.2, -0.15) is 4.98 Å². The van der Waals surface area contributed by atoms with Gasteiger partial charge in [0.25, 0.3) is 0 Å². The van der Waals surface area contributed by atoms with Crippen LogP contribution in [0.25, 0.3) is 0 Å². The van der Waals surface area contributed by atoms with Crippen molar-refractivity contribution in [3.63, 3.8) is 0 Å². The highest BCUT2D eigenvalue weighted by Crippen LogP contribution is 2.28. The van der Waals surface area contributed by atoms with E-state index in [4.69, 9.17) is 9.05 Å². The molecular weight excluding hydrogens is 292 g/mol. The van der Waals surface area contributed by atoms with E-state index >= 15 is 0 Å². The fourth-order valence-corrected chi connectivity index (χ4v) is 3.18. The van der Waals surface area contributed by atoms with E-state index in [-0.39, 0.29) is 0 Å². The van der Waals surface area contributed by atoms with Gasteiger partial charge >= 0.3 is 0 Å². The zero-order valence-corrected chi connectivity index (χ0v) is 14.5. The molecule has 6 nitrogen and oxygen atoms in total. The van der Waals surface area contributed by atoms with Crippen LogP contribution in [0.3, 0.4) is 0 Å². The SMILES string of the molecule is Cc1noc(C)c1CCN1CCC(c2nc(C(C)C)no2)CC1. The second-order valence-electron chi connectivity index (χ2n) is 6.81. The van der Waals surface area contributed by atoms with Crippen molar-refractivity contribution in [2.45, 2.75) is 58.8 Å². The first-order valence-corrected chi connectivity index (χ1v) is 8.52. The van der Waals surface area contributed by atoms with Crippen LogP contribution >= 0.6 is 0 Å². The van der Waals surface area contributed by atoms with Gasteiger partial charge in [-0.1, -0.05) is 24.2 Å². The molecule has 126 valence electrons. The largest absolute Gasteiger partial charge is 0.361 e. The molecule has 0 aliphatic carbocycles. The molecule has 0 spiro atoms. The molecule has 0 bridgehead atoms. The number of aromatic nitrogens is 3. The van der Waals surface area contributed by atoms with E-state index in [9.17, 15) is 0 Å². The summed E-state index contributed by atoms with van der Waals surface area (Å²) in [6, 6.07) is 0. The Bertz CT molecular complexity index is 619. The van der Waals surface area contributed by atoms with E-state index in [2.05, 4.69) is 34.0 Å². The van der Waals surface area contributed by atoms with E-state index in [1.165, 1.54) is 5.56 Å². The van der Waals surface area contributed by atoms with Crippen molar-refractivity contribution in [1.82, 2.24) is 20.2 Å².